The van der Waals surface area contributed by atoms with Crippen LogP contribution in [-0.2, 0) is 16.1 Å². The van der Waals surface area contributed by atoms with Crippen LogP contribution in [0.4, 0.5) is 0 Å². The quantitative estimate of drug-likeness (QED) is 0.814. The van der Waals surface area contributed by atoms with Crippen LogP contribution in [0.2, 0.25) is 0 Å². The third-order valence-electron chi connectivity index (χ3n) is 3.06. The van der Waals surface area contributed by atoms with Crippen molar-refractivity contribution in [2.24, 2.45) is 0 Å². The maximum atomic E-state index is 12.2. The lowest BCUT2D eigenvalue weighted by molar-refractivity contribution is -0.133. The Morgan fingerprint density at radius 2 is 2.00 bits per heavy atom. The molecule has 0 atom stereocenters. The fraction of sp³-hybridized carbons (Fsp3) is 0.429. The molecule has 0 unspecified atom stereocenters. The Morgan fingerprint density at radius 1 is 1.30 bits per heavy atom. The van der Waals surface area contributed by atoms with Gasteiger partial charge in [0.05, 0.1) is 11.5 Å². The summed E-state index contributed by atoms with van der Waals surface area (Å²) < 4.78 is 0.997. The van der Waals surface area contributed by atoms with Crippen LogP contribution in [0.15, 0.2) is 28.7 Å². The van der Waals surface area contributed by atoms with Gasteiger partial charge in [0.25, 0.3) is 0 Å². The number of carboxylic acids is 1. The van der Waals surface area contributed by atoms with E-state index in [1.54, 1.807) is 0 Å². The van der Waals surface area contributed by atoms with Crippen LogP contribution in [0.5, 0.6) is 0 Å². The molecule has 1 fully saturated rings. The normalized spacial score (nSPS) is 14.1. The molecule has 6 heteroatoms. The zero-order valence-corrected chi connectivity index (χ0v) is 13.3. The van der Waals surface area contributed by atoms with Crippen LogP contribution in [0.25, 0.3) is 0 Å². The largest absolute Gasteiger partial charge is 0.481 e. The number of amides is 1. The fourth-order valence-electron chi connectivity index (χ4n) is 1.93. The van der Waals surface area contributed by atoms with Crippen molar-refractivity contribution in [1.29, 1.82) is 0 Å². The van der Waals surface area contributed by atoms with Gasteiger partial charge < -0.3 is 10.0 Å². The minimum Gasteiger partial charge on any atom is -0.481 e. The molecule has 0 bridgehead atoms. The van der Waals surface area contributed by atoms with Crippen molar-refractivity contribution in [2.75, 3.05) is 11.5 Å². The van der Waals surface area contributed by atoms with Gasteiger partial charge in [-0.25, -0.2) is 0 Å². The molecule has 1 aromatic rings. The summed E-state index contributed by atoms with van der Waals surface area (Å²) in [7, 11) is 0. The van der Waals surface area contributed by atoms with E-state index in [1.165, 1.54) is 0 Å². The summed E-state index contributed by atoms with van der Waals surface area (Å²) in [5.74, 6) is -0.659. The highest BCUT2D eigenvalue weighted by Gasteiger charge is 2.32. The summed E-state index contributed by atoms with van der Waals surface area (Å²) >= 11 is 4.65. The molecule has 20 heavy (non-hydrogen) atoms. The van der Waals surface area contributed by atoms with E-state index in [1.807, 2.05) is 29.2 Å². The molecule has 0 aromatic heterocycles. The first-order valence-electron chi connectivity index (χ1n) is 6.40. The average Bonchev–Trinajstić information content (AvgIpc) is 3.21. The zero-order valence-electron chi connectivity index (χ0n) is 10.9. The van der Waals surface area contributed by atoms with Gasteiger partial charge in [0.15, 0.2) is 0 Å². The van der Waals surface area contributed by atoms with Crippen LogP contribution < -0.4 is 0 Å². The van der Waals surface area contributed by atoms with Crippen molar-refractivity contribution in [3.05, 3.63) is 34.3 Å². The molecular weight excluding hydrogens is 342 g/mol. The Labute approximate surface area is 130 Å². The van der Waals surface area contributed by atoms with Gasteiger partial charge >= 0.3 is 5.97 Å². The average molecular weight is 358 g/mol. The Balaban J connectivity index is 1.95. The van der Waals surface area contributed by atoms with Crippen molar-refractivity contribution in [1.82, 2.24) is 4.90 Å². The number of nitrogens with zero attached hydrogens (tertiary/aromatic N) is 1. The Bertz CT molecular complexity index is 505. The Morgan fingerprint density at radius 3 is 2.60 bits per heavy atom. The second-order valence-electron chi connectivity index (χ2n) is 4.73. The zero-order chi connectivity index (χ0) is 14.5. The molecule has 2 rings (SSSR count). The van der Waals surface area contributed by atoms with Gasteiger partial charge in [-0.1, -0.05) is 34.1 Å². The van der Waals surface area contributed by atoms with E-state index in [0.29, 0.717) is 12.6 Å². The van der Waals surface area contributed by atoms with Crippen LogP contribution in [-0.4, -0.2) is 39.4 Å². The third kappa shape index (κ3) is 4.52. The highest BCUT2D eigenvalue weighted by atomic mass is 79.9. The van der Waals surface area contributed by atoms with Crippen molar-refractivity contribution in [3.63, 3.8) is 0 Å². The molecule has 0 aliphatic heterocycles. The molecule has 0 saturated heterocycles. The van der Waals surface area contributed by atoms with E-state index in [2.05, 4.69) is 15.9 Å². The Hall–Kier alpha value is -1.01. The SMILES string of the molecule is O=C(O)CSCC(=O)N(Cc1ccccc1Br)C1CC1. The molecule has 0 heterocycles. The van der Waals surface area contributed by atoms with Crippen LogP contribution in [0, 0.1) is 0 Å². The third-order valence-corrected chi connectivity index (χ3v) is 4.73. The molecule has 1 amide bonds. The molecule has 1 aliphatic carbocycles. The van der Waals surface area contributed by atoms with E-state index in [-0.39, 0.29) is 17.4 Å². The molecule has 1 aliphatic rings. The molecule has 1 N–H and O–H groups in total. The molecule has 1 aromatic carbocycles. The summed E-state index contributed by atoms with van der Waals surface area (Å²) in [6, 6.07) is 8.18. The lowest BCUT2D eigenvalue weighted by Crippen LogP contribution is -2.34. The van der Waals surface area contributed by atoms with Crippen LogP contribution >= 0.6 is 27.7 Å². The topological polar surface area (TPSA) is 57.6 Å². The number of halogens is 1. The van der Waals surface area contributed by atoms with Crippen LogP contribution in [0.1, 0.15) is 18.4 Å². The summed E-state index contributed by atoms with van der Waals surface area (Å²) in [6.45, 7) is 0.582. The Kier molecular flexibility index (Phi) is 5.48. The predicted octanol–water partition coefficient (Wildman–Crippen LogP) is 2.76. The first kappa shape index (κ1) is 15.4. The monoisotopic (exact) mass is 357 g/mol. The number of benzene rings is 1. The second kappa shape index (κ2) is 7.13. The number of thioether (sulfide) groups is 1. The summed E-state index contributed by atoms with van der Waals surface area (Å²) in [4.78, 5) is 24.6. The van der Waals surface area contributed by atoms with Gasteiger partial charge in [-0.05, 0) is 24.5 Å². The van der Waals surface area contributed by atoms with E-state index >= 15 is 0 Å². The second-order valence-corrected chi connectivity index (χ2v) is 6.57. The summed E-state index contributed by atoms with van der Waals surface area (Å²) in [6.07, 6.45) is 2.08. The molecule has 4 nitrogen and oxygen atoms in total. The number of carboxylic acid groups (broad SMARTS) is 1. The minimum absolute atomic E-state index is 0.0227. The maximum Gasteiger partial charge on any atom is 0.313 e. The first-order valence-corrected chi connectivity index (χ1v) is 8.35. The van der Waals surface area contributed by atoms with Gasteiger partial charge in [-0.2, -0.15) is 0 Å². The van der Waals surface area contributed by atoms with E-state index in [9.17, 15) is 9.59 Å². The standard InChI is InChI=1S/C14H16BrNO3S/c15-12-4-2-1-3-10(12)7-16(11-5-6-11)13(17)8-20-9-14(18)19/h1-4,11H,5-9H2,(H,18,19). The highest BCUT2D eigenvalue weighted by molar-refractivity contribution is 9.10. The number of aliphatic carboxylic acids is 1. The lowest BCUT2D eigenvalue weighted by Gasteiger charge is -2.23. The van der Waals surface area contributed by atoms with Crippen molar-refractivity contribution >= 4 is 39.6 Å². The highest BCUT2D eigenvalue weighted by Crippen LogP contribution is 2.30. The molecule has 0 spiro atoms. The molecular formula is C14H16BrNO3S. The van der Waals surface area contributed by atoms with Gasteiger partial charge in [0.1, 0.15) is 0 Å². The number of hydrogen-bond donors (Lipinski definition) is 1. The van der Waals surface area contributed by atoms with E-state index in [4.69, 9.17) is 5.11 Å². The number of rotatable bonds is 7. The molecule has 0 radical (unpaired) electrons. The molecule has 108 valence electrons. The van der Waals surface area contributed by atoms with Crippen LogP contribution in [0.3, 0.4) is 0 Å². The fourth-order valence-corrected chi connectivity index (χ4v) is 2.95. The van der Waals surface area contributed by atoms with Gasteiger partial charge in [-0.15, -0.1) is 11.8 Å². The number of hydrogen-bond acceptors (Lipinski definition) is 3. The lowest BCUT2D eigenvalue weighted by atomic mass is 10.2. The number of carbonyl (C=O) groups excluding carboxylic acids is 1. The summed E-state index contributed by atoms with van der Waals surface area (Å²) in [5, 5.41) is 8.61. The summed E-state index contributed by atoms with van der Waals surface area (Å²) in [5.41, 5.74) is 1.08. The van der Waals surface area contributed by atoms with E-state index < -0.39 is 5.97 Å². The first-order chi connectivity index (χ1) is 9.58. The van der Waals surface area contributed by atoms with E-state index in [0.717, 1.165) is 34.6 Å². The van der Waals surface area contributed by atoms with Gasteiger partial charge in [-0.3, -0.25) is 9.59 Å². The van der Waals surface area contributed by atoms with Crippen molar-refractivity contribution in [3.8, 4) is 0 Å². The maximum absolute atomic E-state index is 12.2. The number of carbonyl (C=O) groups is 2. The van der Waals surface area contributed by atoms with Gasteiger partial charge in [0, 0.05) is 17.1 Å². The minimum atomic E-state index is -0.883. The van der Waals surface area contributed by atoms with Crippen molar-refractivity contribution < 1.29 is 14.7 Å². The smallest absolute Gasteiger partial charge is 0.313 e. The molecule has 1 saturated carbocycles. The van der Waals surface area contributed by atoms with Gasteiger partial charge in [0.2, 0.25) is 5.91 Å². The predicted molar refractivity (Wildman–Crippen MR) is 82.7 cm³/mol. The van der Waals surface area contributed by atoms with Crippen molar-refractivity contribution in [2.45, 2.75) is 25.4 Å².